The molecule has 7 heavy (non-hydrogen) atoms. The lowest BCUT2D eigenvalue weighted by Crippen LogP contribution is -2.02. The third-order valence-electron chi connectivity index (χ3n) is 0.129. The van der Waals surface area contributed by atoms with Gasteiger partial charge in [0.2, 0.25) is 0 Å². The van der Waals surface area contributed by atoms with E-state index in [1.807, 2.05) is 0 Å². The highest BCUT2D eigenvalue weighted by atomic mass is 35.5. The second-order valence-corrected chi connectivity index (χ2v) is 0.512. The smallest absolute Gasteiger partial charge is 0.0553 e. The summed E-state index contributed by atoms with van der Waals surface area (Å²) in [6.07, 6.45) is 0. The monoisotopic (exact) mass is 167 g/mol. The van der Waals surface area contributed by atoms with Gasteiger partial charge in [0, 0.05) is 6.54 Å². The van der Waals surface area contributed by atoms with E-state index in [2.05, 4.69) is 0 Å². The second kappa shape index (κ2) is 28.9. The van der Waals surface area contributed by atoms with Gasteiger partial charge in [0.05, 0.1) is 6.61 Å². The van der Waals surface area contributed by atoms with Crippen LogP contribution >= 0.6 is 38.3 Å². The van der Waals surface area contributed by atoms with Crippen LogP contribution in [-0.2, 0) is 0 Å². The highest BCUT2D eigenvalue weighted by Gasteiger charge is 1.56. The SMILES string of the molecule is Cl.Cl.NCCO.S. The maximum Gasteiger partial charge on any atom is 0.0553 e. The van der Waals surface area contributed by atoms with Crippen molar-refractivity contribution < 1.29 is 5.11 Å². The van der Waals surface area contributed by atoms with Gasteiger partial charge in [-0.3, -0.25) is 0 Å². The molecule has 0 rings (SSSR count). The van der Waals surface area contributed by atoms with Crippen molar-refractivity contribution in [3.8, 4) is 0 Å². The van der Waals surface area contributed by atoms with E-state index in [0.717, 1.165) is 0 Å². The number of nitrogens with two attached hydrogens (primary N) is 1. The highest BCUT2D eigenvalue weighted by molar-refractivity contribution is 7.59. The fourth-order valence-corrected chi connectivity index (χ4v) is 0. The van der Waals surface area contributed by atoms with Crippen LogP contribution < -0.4 is 5.73 Å². The van der Waals surface area contributed by atoms with E-state index in [-0.39, 0.29) is 44.9 Å². The maximum absolute atomic E-state index is 7.75. The number of aliphatic hydroxyl groups is 1. The molecular formula is C2H11Cl2NOS. The molecule has 0 aliphatic rings. The lowest BCUT2D eigenvalue weighted by Gasteiger charge is -1.71. The van der Waals surface area contributed by atoms with Crippen LogP contribution in [0, 0.1) is 0 Å². The molecule has 0 saturated carbocycles. The van der Waals surface area contributed by atoms with Crippen LogP contribution in [0.2, 0.25) is 0 Å². The molecule has 0 unspecified atom stereocenters. The first-order chi connectivity index (χ1) is 1.91. The summed E-state index contributed by atoms with van der Waals surface area (Å²) < 4.78 is 0. The van der Waals surface area contributed by atoms with Gasteiger partial charge in [0.1, 0.15) is 0 Å². The molecule has 0 aliphatic heterocycles. The number of halogens is 2. The Morgan fingerprint density at radius 3 is 1.43 bits per heavy atom. The molecule has 0 amide bonds. The molecule has 0 aromatic heterocycles. The zero-order chi connectivity index (χ0) is 3.41. The predicted octanol–water partition coefficient (Wildman–Crippen LogP) is -0.106. The molecule has 0 aliphatic carbocycles. The summed E-state index contributed by atoms with van der Waals surface area (Å²) in [6, 6.07) is 0. The zero-order valence-electron chi connectivity index (χ0n) is 3.76. The number of rotatable bonds is 1. The molecule has 0 heterocycles. The van der Waals surface area contributed by atoms with E-state index in [4.69, 9.17) is 10.8 Å². The third-order valence-corrected chi connectivity index (χ3v) is 0.129. The Morgan fingerprint density at radius 2 is 1.43 bits per heavy atom. The first kappa shape index (κ1) is 24.9. The summed E-state index contributed by atoms with van der Waals surface area (Å²) in [5, 5.41) is 7.75. The van der Waals surface area contributed by atoms with E-state index in [0.29, 0.717) is 6.54 Å². The van der Waals surface area contributed by atoms with E-state index >= 15 is 0 Å². The van der Waals surface area contributed by atoms with Crippen LogP contribution in [0.3, 0.4) is 0 Å². The Kier molecular flexibility index (Phi) is 102. The van der Waals surface area contributed by atoms with E-state index < -0.39 is 0 Å². The van der Waals surface area contributed by atoms with Crippen LogP contribution in [0.15, 0.2) is 0 Å². The molecule has 3 N–H and O–H groups in total. The van der Waals surface area contributed by atoms with Gasteiger partial charge in [-0.1, -0.05) is 0 Å². The molecule has 0 spiro atoms. The molecule has 2 nitrogen and oxygen atoms in total. The minimum absolute atomic E-state index is 0. The van der Waals surface area contributed by atoms with Crippen molar-refractivity contribution in [2.45, 2.75) is 0 Å². The van der Waals surface area contributed by atoms with Crippen LogP contribution in [0.25, 0.3) is 0 Å². The average molecular weight is 168 g/mol. The Morgan fingerprint density at radius 1 is 1.29 bits per heavy atom. The van der Waals surface area contributed by atoms with E-state index in [1.165, 1.54) is 0 Å². The lowest BCUT2D eigenvalue weighted by molar-refractivity contribution is 0.306. The van der Waals surface area contributed by atoms with Gasteiger partial charge in [-0.2, -0.15) is 13.5 Å². The first-order valence-corrected chi connectivity index (χ1v) is 1.22. The Balaban J connectivity index is -0.0000000150. The van der Waals surface area contributed by atoms with Crippen molar-refractivity contribution in [2.75, 3.05) is 13.2 Å². The van der Waals surface area contributed by atoms with E-state index in [1.54, 1.807) is 0 Å². The topological polar surface area (TPSA) is 46.2 Å². The second-order valence-electron chi connectivity index (χ2n) is 0.512. The third kappa shape index (κ3) is 47.1. The van der Waals surface area contributed by atoms with Gasteiger partial charge >= 0.3 is 0 Å². The molecule has 0 aromatic carbocycles. The molecule has 0 aromatic rings. The van der Waals surface area contributed by atoms with Crippen molar-refractivity contribution >= 4 is 38.3 Å². The van der Waals surface area contributed by atoms with Crippen molar-refractivity contribution in [1.29, 1.82) is 0 Å². The first-order valence-electron chi connectivity index (χ1n) is 1.22. The Labute approximate surface area is 62.7 Å². The standard InChI is InChI=1S/C2H7NO.2ClH.H2S/c3-1-2-4;;;/h4H,1-3H2;2*1H;1H2. The number of aliphatic hydroxyl groups excluding tert-OH is 1. The van der Waals surface area contributed by atoms with Crippen molar-refractivity contribution in [2.24, 2.45) is 5.73 Å². The van der Waals surface area contributed by atoms with Gasteiger partial charge in [0.25, 0.3) is 0 Å². The Hall–Kier alpha value is 0.850. The minimum atomic E-state index is 0. The van der Waals surface area contributed by atoms with Gasteiger partial charge in [-0.25, -0.2) is 0 Å². The molecule has 50 valence electrons. The lowest BCUT2D eigenvalue weighted by atomic mass is 10.8. The summed E-state index contributed by atoms with van der Waals surface area (Å²) in [4.78, 5) is 0. The van der Waals surface area contributed by atoms with Crippen LogP contribution in [-0.4, -0.2) is 18.3 Å². The van der Waals surface area contributed by atoms with Crippen LogP contribution in [0.1, 0.15) is 0 Å². The summed E-state index contributed by atoms with van der Waals surface area (Å²) in [6.45, 7) is 0.472. The molecule has 0 radical (unpaired) electrons. The van der Waals surface area contributed by atoms with Crippen molar-refractivity contribution in [3.05, 3.63) is 0 Å². The minimum Gasteiger partial charge on any atom is -0.395 e. The van der Waals surface area contributed by atoms with Crippen molar-refractivity contribution in [3.63, 3.8) is 0 Å². The fourth-order valence-electron chi connectivity index (χ4n) is 0. The summed E-state index contributed by atoms with van der Waals surface area (Å²) >= 11 is 0. The molecule has 0 bridgehead atoms. The van der Waals surface area contributed by atoms with Crippen LogP contribution in [0.4, 0.5) is 0 Å². The highest BCUT2D eigenvalue weighted by Crippen LogP contribution is 1.33. The zero-order valence-corrected chi connectivity index (χ0v) is 6.39. The molecular weight excluding hydrogens is 157 g/mol. The van der Waals surface area contributed by atoms with Gasteiger partial charge in [-0.05, 0) is 0 Å². The summed E-state index contributed by atoms with van der Waals surface area (Å²) in [7, 11) is 0. The number of hydrogen-bond donors (Lipinski definition) is 2. The van der Waals surface area contributed by atoms with Crippen molar-refractivity contribution in [1.82, 2.24) is 0 Å². The molecule has 0 saturated heterocycles. The summed E-state index contributed by atoms with van der Waals surface area (Å²) in [5.74, 6) is 0. The Bertz CT molecular complexity index is 17.7. The summed E-state index contributed by atoms with van der Waals surface area (Å²) in [5.41, 5.74) is 4.78. The quantitative estimate of drug-likeness (QED) is 0.574. The van der Waals surface area contributed by atoms with E-state index in [9.17, 15) is 0 Å². The normalized spacial score (nSPS) is 4.29. The van der Waals surface area contributed by atoms with Gasteiger partial charge < -0.3 is 10.8 Å². The molecule has 0 fully saturated rings. The molecule has 0 atom stereocenters. The van der Waals surface area contributed by atoms with Gasteiger partial charge in [-0.15, -0.1) is 24.8 Å². The average Bonchev–Trinajstić information content (AvgIpc) is 1.37. The largest absolute Gasteiger partial charge is 0.395 e. The maximum atomic E-state index is 7.75. The predicted molar refractivity (Wildman–Crippen MR) is 41.0 cm³/mol. The number of hydrogen-bond acceptors (Lipinski definition) is 2. The fraction of sp³-hybridized carbons (Fsp3) is 1.00. The van der Waals surface area contributed by atoms with Gasteiger partial charge in [0.15, 0.2) is 0 Å². The van der Waals surface area contributed by atoms with Crippen LogP contribution in [0.5, 0.6) is 0 Å². The molecule has 5 heteroatoms.